The number of rotatable bonds is 1. The van der Waals surface area contributed by atoms with Gasteiger partial charge in [0.1, 0.15) is 0 Å². The van der Waals surface area contributed by atoms with Gasteiger partial charge in [0.2, 0.25) is 0 Å². The average molecular weight is 169 g/mol. The molecule has 1 fully saturated rings. The van der Waals surface area contributed by atoms with Crippen molar-refractivity contribution >= 4 is 6.21 Å². The molecular weight excluding hydrogens is 150 g/mol. The number of nitrogens with zero attached hydrogens (tertiary/aromatic N) is 1. The molecule has 70 valence electrons. The lowest BCUT2D eigenvalue weighted by Gasteiger charge is -2.14. The summed E-state index contributed by atoms with van der Waals surface area (Å²) in [6, 6.07) is 0.167. The summed E-state index contributed by atoms with van der Waals surface area (Å²) in [6.07, 6.45) is 5.93. The second-order valence-electron chi connectivity index (χ2n) is 3.80. The van der Waals surface area contributed by atoms with E-state index >= 15 is 0 Å². The molecule has 1 N–H and O–H groups in total. The van der Waals surface area contributed by atoms with Crippen molar-refractivity contribution in [3.63, 3.8) is 0 Å². The molecule has 3 unspecified atom stereocenters. The number of aliphatic hydroxyl groups is 1. The molecule has 12 heavy (non-hydrogen) atoms. The van der Waals surface area contributed by atoms with E-state index in [0.717, 1.165) is 25.2 Å². The Morgan fingerprint density at radius 1 is 1.25 bits per heavy atom. The van der Waals surface area contributed by atoms with Crippen molar-refractivity contribution in [3.8, 4) is 0 Å². The molecule has 3 atom stereocenters. The summed E-state index contributed by atoms with van der Waals surface area (Å²) >= 11 is 0. The molecule has 0 aromatic heterocycles. The first-order chi connectivity index (χ1) is 5.74. The van der Waals surface area contributed by atoms with E-state index in [1.165, 1.54) is 6.42 Å². The van der Waals surface area contributed by atoms with Gasteiger partial charge >= 0.3 is 0 Å². The zero-order valence-corrected chi connectivity index (χ0v) is 8.03. The molecule has 0 bridgehead atoms. The predicted octanol–water partition coefficient (Wildman–Crippen LogP) is 2.02. The van der Waals surface area contributed by atoms with Crippen LogP contribution >= 0.6 is 0 Å². The quantitative estimate of drug-likeness (QED) is 0.472. The van der Waals surface area contributed by atoms with Crippen molar-refractivity contribution in [3.05, 3.63) is 0 Å². The first kappa shape index (κ1) is 9.72. The van der Waals surface area contributed by atoms with Crippen LogP contribution in [0, 0.1) is 5.92 Å². The molecule has 0 amide bonds. The third-order valence-electron chi connectivity index (χ3n) is 2.70. The fourth-order valence-electron chi connectivity index (χ4n) is 1.81. The van der Waals surface area contributed by atoms with Crippen LogP contribution in [0.25, 0.3) is 0 Å². The summed E-state index contributed by atoms with van der Waals surface area (Å²) in [5.74, 6) is 0.761. The van der Waals surface area contributed by atoms with E-state index in [0.29, 0.717) is 0 Å². The molecule has 1 aliphatic rings. The van der Waals surface area contributed by atoms with Gasteiger partial charge in [-0.25, -0.2) is 0 Å². The lowest BCUT2D eigenvalue weighted by atomic mass is 10.0. The van der Waals surface area contributed by atoms with Crippen molar-refractivity contribution in [2.24, 2.45) is 10.9 Å². The van der Waals surface area contributed by atoms with E-state index in [1.54, 1.807) is 0 Å². The Balaban J connectivity index is 2.49. The molecule has 0 aliphatic heterocycles. The number of aliphatic imine (C=N–C) groups is 1. The first-order valence-corrected chi connectivity index (χ1v) is 4.90. The second-order valence-corrected chi connectivity index (χ2v) is 3.80. The molecule has 0 aromatic carbocycles. The van der Waals surface area contributed by atoms with Gasteiger partial charge in [0.25, 0.3) is 0 Å². The Morgan fingerprint density at radius 2 is 1.92 bits per heavy atom. The van der Waals surface area contributed by atoms with Gasteiger partial charge in [-0.05, 0) is 44.7 Å². The molecule has 2 heteroatoms. The Hall–Kier alpha value is -0.370. The maximum Gasteiger partial charge on any atom is 0.0763 e. The molecule has 0 aromatic rings. The third-order valence-corrected chi connectivity index (χ3v) is 2.70. The summed E-state index contributed by atoms with van der Waals surface area (Å²) < 4.78 is 0. The van der Waals surface area contributed by atoms with E-state index in [1.807, 2.05) is 13.1 Å². The fourth-order valence-corrected chi connectivity index (χ4v) is 1.81. The number of hydrogen-bond acceptors (Lipinski definition) is 2. The van der Waals surface area contributed by atoms with Gasteiger partial charge in [0.15, 0.2) is 0 Å². The first-order valence-electron chi connectivity index (χ1n) is 4.90. The normalized spacial score (nSPS) is 38.4. The average Bonchev–Trinajstić information content (AvgIpc) is 2.20. The summed E-state index contributed by atoms with van der Waals surface area (Å²) in [7, 11) is 0. The second kappa shape index (κ2) is 4.61. The van der Waals surface area contributed by atoms with Gasteiger partial charge in [0, 0.05) is 0 Å². The van der Waals surface area contributed by atoms with Gasteiger partial charge in [0.05, 0.1) is 12.1 Å². The highest BCUT2D eigenvalue weighted by Gasteiger charge is 2.22. The molecule has 1 aliphatic carbocycles. The molecule has 1 rings (SSSR count). The van der Waals surface area contributed by atoms with E-state index in [2.05, 4.69) is 11.9 Å². The molecule has 0 spiro atoms. The highest BCUT2D eigenvalue weighted by Crippen LogP contribution is 2.24. The van der Waals surface area contributed by atoms with Crippen LogP contribution in [0.3, 0.4) is 0 Å². The van der Waals surface area contributed by atoms with Crippen LogP contribution < -0.4 is 0 Å². The van der Waals surface area contributed by atoms with Crippen LogP contribution in [0.2, 0.25) is 0 Å². The van der Waals surface area contributed by atoms with Crippen molar-refractivity contribution in [2.45, 2.75) is 51.7 Å². The van der Waals surface area contributed by atoms with Gasteiger partial charge in [-0.2, -0.15) is 0 Å². The Kier molecular flexibility index (Phi) is 3.73. The fraction of sp³-hybridized carbons (Fsp3) is 0.900. The molecule has 0 saturated heterocycles. The van der Waals surface area contributed by atoms with Gasteiger partial charge in [-0.15, -0.1) is 0 Å². The van der Waals surface area contributed by atoms with E-state index in [4.69, 9.17) is 0 Å². The van der Waals surface area contributed by atoms with E-state index in [-0.39, 0.29) is 12.1 Å². The summed E-state index contributed by atoms with van der Waals surface area (Å²) in [6.45, 7) is 4.17. The van der Waals surface area contributed by atoms with Crippen LogP contribution in [-0.2, 0) is 0 Å². The summed E-state index contributed by atoms with van der Waals surface area (Å²) in [4.78, 5) is 4.28. The van der Waals surface area contributed by atoms with Crippen LogP contribution in [-0.4, -0.2) is 23.5 Å². The molecule has 0 radical (unpaired) electrons. The van der Waals surface area contributed by atoms with Gasteiger partial charge in [-0.3, -0.25) is 4.99 Å². The minimum absolute atomic E-state index is 0.167. The van der Waals surface area contributed by atoms with Crippen molar-refractivity contribution < 1.29 is 5.11 Å². The zero-order chi connectivity index (χ0) is 8.97. The minimum Gasteiger partial charge on any atom is -0.391 e. The van der Waals surface area contributed by atoms with Crippen molar-refractivity contribution in [1.29, 1.82) is 0 Å². The van der Waals surface area contributed by atoms with E-state index < -0.39 is 0 Å². The topological polar surface area (TPSA) is 32.6 Å². The zero-order valence-electron chi connectivity index (χ0n) is 8.03. The van der Waals surface area contributed by atoms with E-state index in [9.17, 15) is 5.11 Å². The number of aliphatic hydroxyl groups excluding tert-OH is 1. The maximum atomic E-state index is 9.68. The lowest BCUT2D eigenvalue weighted by Crippen LogP contribution is -2.22. The van der Waals surface area contributed by atoms with Crippen LogP contribution in [0.1, 0.15) is 39.5 Å². The third kappa shape index (κ3) is 2.59. The smallest absolute Gasteiger partial charge is 0.0763 e. The largest absolute Gasteiger partial charge is 0.391 e. The Morgan fingerprint density at radius 3 is 2.58 bits per heavy atom. The molecular formula is C10H19NO. The maximum absolute atomic E-state index is 9.68. The Labute approximate surface area is 74.7 Å². The van der Waals surface area contributed by atoms with Crippen LogP contribution in [0.15, 0.2) is 4.99 Å². The van der Waals surface area contributed by atoms with Gasteiger partial charge < -0.3 is 5.11 Å². The van der Waals surface area contributed by atoms with Crippen molar-refractivity contribution in [1.82, 2.24) is 0 Å². The summed E-state index contributed by atoms with van der Waals surface area (Å²) in [5, 5.41) is 9.68. The predicted molar refractivity (Wildman–Crippen MR) is 51.6 cm³/mol. The SMILES string of the molecule is C/C=N\C1CCC(C)CCC1O. The highest BCUT2D eigenvalue weighted by atomic mass is 16.3. The Bertz CT molecular complexity index is 156. The lowest BCUT2D eigenvalue weighted by molar-refractivity contribution is 0.137. The summed E-state index contributed by atoms with van der Waals surface area (Å²) in [5.41, 5.74) is 0. The van der Waals surface area contributed by atoms with Crippen molar-refractivity contribution in [2.75, 3.05) is 0 Å². The molecule has 2 nitrogen and oxygen atoms in total. The number of hydrogen-bond donors (Lipinski definition) is 1. The monoisotopic (exact) mass is 169 g/mol. The molecule has 0 heterocycles. The standard InChI is InChI=1S/C10H19NO/c1-3-11-9-6-4-8(2)5-7-10(9)12/h3,8-10,12H,4-7H2,1-2H3/b11-3-. The van der Waals surface area contributed by atoms with Crippen LogP contribution in [0.5, 0.6) is 0 Å². The van der Waals surface area contributed by atoms with Crippen LogP contribution in [0.4, 0.5) is 0 Å². The van der Waals surface area contributed by atoms with Gasteiger partial charge in [-0.1, -0.05) is 6.92 Å². The minimum atomic E-state index is -0.203. The highest BCUT2D eigenvalue weighted by molar-refractivity contribution is 5.53. The molecule has 1 saturated carbocycles.